The lowest BCUT2D eigenvalue weighted by atomic mass is 10.2. The van der Waals surface area contributed by atoms with Gasteiger partial charge in [0.25, 0.3) is 0 Å². The van der Waals surface area contributed by atoms with Crippen molar-refractivity contribution in [1.29, 1.82) is 0 Å². The van der Waals surface area contributed by atoms with Crippen LogP contribution in [0.4, 0.5) is 5.69 Å². The van der Waals surface area contributed by atoms with Gasteiger partial charge >= 0.3 is 5.97 Å². The minimum Gasteiger partial charge on any atom is -0.495 e. The number of methoxy groups -OCH3 is 1. The maximum atomic E-state index is 10.4. The molecule has 1 aromatic carbocycles. The average Bonchev–Trinajstić information content (AvgIpc) is 2.26. The monoisotopic (exact) mass is 221 g/mol. The molecule has 1 aromatic rings. The highest BCUT2D eigenvalue weighted by atomic mass is 16.5. The van der Waals surface area contributed by atoms with Crippen LogP contribution in [-0.4, -0.2) is 24.7 Å². The van der Waals surface area contributed by atoms with E-state index in [-0.39, 0.29) is 0 Å². The number of nitrogens with one attached hydrogen (secondary N) is 1. The molecule has 4 nitrogen and oxygen atoms in total. The van der Waals surface area contributed by atoms with Crippen molar-refractivity contribution < 1.29 is 14.6 Å². The van der Waals surface area contributed by atoms with Gasteiger partial charge in [-0.2, -0.15) is 0 Å². The van der Waals surface area contributed by atoms with Crippen molar-refractivity contribution in [2.24, 2.45) is 0 Å². The number of carboxylic acid groups (broad SMARTS) is 1. The molecule has 0 radical (unpaired) electrons. The van der Waals surface area contributed by atoms with Crippen LogP contribution in [0.5, 0.6) is 5.75 Å². The molecule has 2 N–H and O–H groups in total. The number of ether oxygens (including phenoxy) is 1. The van der Waals surface area contributed by atoms with Crippen LogP contribution < -0.4 is 10.1 Å². The topological polar surface area (TPSA) is 58.6 Å². The molecule has 0 saturated carbocycles. The zero-order chi connectivity index (χ0) is 12.0. The Labute approximate surface area is 94.6 Å². The highest BCUT2D eigenvalue weighted by Crippen LogP contribution is 2.22. The highest BCUT2D eigenvalue weighted by molar-refractivity contribution is 5.80. The average molecular weight is 221 g/mol. The molecule has 0 aliphatic heterocycles. The third-order valence-corrected chi connectivity index (χ3v) is 2.03. The van der Waals surface area contributed by atoms with Crippen molar-refractivity contribution in [3.05, 3.63) is 35.9 Å². The van der Waals surface area contributed by atoms with E-state index in [0.717, 1.165) is 17.0 Å². The Morgan fingerprint density at radius 3 is 2.81 bits per heavy atom. The molecular formula is C12H15NO3. The Morgan fingerprint density at radius 1 is 1.50 bits per heavy atom. The second-order valence-electron chi connectivity index (χ2n) is 3.38. The summed E-state index contributed by atoms with van der Waals surface area (Å²) in [4.78, 5) is 10.4. The number of para-hydroxylation sites is 2. The summed E-state index contributed by atoms with van der Waals surface area (Å²) in [5.41, 5.74) is 1.60. The number of rotatable bonds is 5. The Morgan fingerprint density at radius 2 is 2.19 bits per heavy atom. The van der Waals surface area contributed by atoms with Crippen LogP contribution in [0.25, 0.3) is 0 Å². The van der Waals surface area contributed by atoms with Gasteiger partial charge in [0, 0.05) is 12.6 Å². The molecule has 4 heteroatoms. The van der Waals surface area contributed by atoms with E-state index in [1.165, 1.54) is 6.08 Å². The highest BCUT2D eigenvalue weighted by Gasteiger charge is 2.00. The van der Waals surface area contributed by atoms with Crippen LogP contribution in [0.15, 0.2) is 35.9 Å². The summed E-state index contributed by atoms with van der Waals surface area (Å²) in [5.74, 6) is -0.190. The smallest absolute Gasteiger partial charge is 0.328 e. The van der Waals surface area contributed by atoms with Gasteiger partial charge in [-0.25, -0.2) is 4.79 Å². The molecule has 0 atom stereocenters. The first-order valence-electron chi connectivity index (χ1n) is 4.90. The lowest BCUT2D eigenvalue weighted by Gasteiger charge is -2.10. The fraction of sp³-hybridized carbons (Fsp3) is 0.250. The van der Waals surface area contributed by atoms with Gasteiger partial charge < -0.3 is 15.2 Å². The van der Waals surface area contributed by atoms with Crippen molar-refractivity contribution in [3.63, 3.8) is 0 Å². The lowest BCUT2D eigenvalue weighted by molar-refractivity contribution is -0.131. The number of anilines is 1. The van der Waals surface area contributed by atoms with Gasteiger partial charge in [0.2, 0.25) is 0 Å². The number of aliphatic carboxylic acids is 1. The molecular weight excluding hydrogens is 206 g/mol. The van der Waals surface area contributed by atoms with Crippen LogP contribution in [0.1, 0.15) is 6.92 Å². The summed E-state index contributed by atoms with van der Waals surface area (Å²) in [6.45, 7) is 2.24. The maximum absolute atomic E-state index is 10.4. The lowest BCUT2D eigenvalue weighted by Crippen LogP contribution is -2.05. The van der Waals surface area contributed by atoms with E-state index in [1.807, 2.05) is 24.3 Å². The number of benzene rings is 1. The van der Waals surface area contributed by atoms with E-state index in [4.69, 9.17) is 9.84 Å². The quantitative estimate of drug-likeness (QED) is 0.748. The zero-order valence-corrected chi connectivity index (χ0v) is 9.36. The van der Waals surface area contributed by atoms with Gasteiger partial charge in [0.1, 0.15) is 5.75 Å². The molecule has 0 aliphatic rings. The fourth-order valence-electron chi connectivity index (χ4n) is 1.29. The molecule has 86 valence electrons. The van der Waals surface area contributed by atoms with E-state index in [0.29, 0.717) is 6.54 Å². The van der Waals surface area contributed by atoms with Gasteiger partial charge in [-0.3, -0.25) is 0 Å². The normalized spacial score (nSPS) is 11.0. The fourth-order valence-corrected chi connectivity index (χ4v) is 1.29. The molecule has 0 aromatic heterocycles. The van der Waals surface area contributed by atoms with Crippen LogP contribution in [0.3, 0.4) is 0 Å². The number of hydrogen-bond donors (Lipinski definition) is 2. The Kier molecular flexibility index (Phi) is 4.39. The summed E-state index contributed by atoms with van der Waals surface area (Å²) in [6, 6.07) is 7.50. The predicted octanol–water partition coefficient (Wildman–Crippen LogP) is 2.14. The molecule has 0 unspecified atom stereocenters. The summed E-state index contributed by atoms with van der Waals surface area (Å²) in [6.07, 6.45) is 1.18. The minimum absolute atomic E-state index is 0.479. The molecule has 0 fully saturated rings. The first-order chi connectivity index (χ1) is 7.63. The molecule has 1 rings (SSSR count). The van der Waals surface area contributed by atoms with Crippen LogP contribution in [0.2, 0.25) is 0 Å². The van der Waals surface area contributed by atoms with Crippen molar-refractivity contribution in [2.75, 3.05) is 19.0 Å². The molecule has 0 saturated heterocycles. The van der Waals surface area contributed by atoms with E-state index in [9.17, 15) is 4.79 Å². The predicted molar refractivity (Wildman–Crippen MR) is 62.9 cm³/mol. The van der Waals surface area contributed by atoms with E-state index < -0.39 is 5.97 Å². The first-order valence-corrected chi connectivity index (χ1v) is 4.90. The SMILES string of the molecule is COc1ccccc1NC/C(C)=C/C(=O)O. The summed E-state index contributed by atoms with van der Waals surface area (Å²) in [7, 11) is 1.60. The second-order valence-corrected chi connectivity index (χ2v) is 3.38. The Hall–Kier alpha value is -1.97. The van der Waals surface area contributed by atoms with Gasteiger partial charge in [-0.15, -0.1) is 0 Å². The van der Waals surface area contributed by atoms with E-state index in [2.05, 4.69) is 5.32 Å². The molecule has 0 heterocycles. The van der Waals surface area contributed by atoms with Gasteiger partial charge in [-0.1, -0.05) is 12.1 Å². The largest absolute Gasteiger partial charge is 0.495 e. The van der Waals surface area contributed by atoms with Crippen LogP contribution in [-0.2, 0) is 4.79 Å². The zero-order valence-electron chi connectivity index (χ0n) is 9.36. The molecule has 0 amide bonds. The van der Waals surface area contributed by atoms with Gasteiger partial charge in [0.05, 0.1) is 12.8 Å². The second kappa shape index (κ2) is 5.80. The maximum Gasteiger partial charge on any atom is 0.328 e. The molecule has 0 spiro atoms. The first kappa shape index (κ1) is 12.1. The third kappa shape index (κ3) is 3.65. The van der Waals surface area contributed by atoms with Crippen molar-refractivity contribution in [1.82, 2.24) is 0 Å². The van der Waals surface area contributed by atoms with Crippen molar-refractivity contribution in [3.8, 4) is 5.75 Å². The van der Waals surface area contributed by atoms with E-state index >= 15 is 0 Å². The van der Waals surface area contributed by atoms with Crippen LogP contribution >= 0.6 is 0 Å². The number of carbonyl (C=O) groups is 1. The van der Waals surface area contributed by atoms with Crippen molar-refractivity contribution in [2.45, 2.75) is 6.92 Å². The van der Waals surface area contributed by atoms with Gasteiger partial charge in [0.15, 0.2) is 0 Å². The van der Waals surface area contributed by atoms with Crippen LogP contribution in [0, 0.1) is 0 Å². The third-order valence-electron chi connectivity index (χ3n) is 2.03. The number of hydrogen-bond acceptors (Lipinski definition) is 3. The van der Waals surface area contributed by atoms with Gasteiger partial charge in [-0.05, 0) is 24.6 Å². The molecule has 0 aliphatic carbocycles. The number of carboxylic acids is 1. The molecule has 16 heavy (non-hydrogen) atoms. The summed E-state index contributed by atoms with van der Waals surface area (Å²) in [5, 5.41) is 11.7. The summed E-state index contributed by atoms with van der Waals surface area (Å²) >= 11 is 0. The molecule has 0 bridgehead atoms. The van der Waals surface area contributed by atoms with E-state index in [1.54, 1.807) is 14.0 Å². The van der Waals surface area contributed by atoms with Crippen molar-refractivity contribution >= 4 is 11.7 Å². The minimum atomic E-state index is -0.931. The Bertz CT molecular complexity index is 399. The summed E-state index contributed by atoms with van der Waals surface area (Å²) < 4.78 is 5.16. The Balaban J connectivity index is 2.64. The standard InChI is InChI=1S/C12H15NO3/c1-9(7-12(14)15)8-13-10-5-3-4-6-11(10)16-2/h3-7,13H,8H2,1-2H3,(H,14,15)/b9-7+.